The smallest absolute Gasteiger partial charge is 0.324 e. The van der Waals surface area contributed by atoms with E-state index >= 15 is 0 Å². The number of carbonyl (C=O) groups excluding carboxylic acids is 1. The van der Waals surface area contributed by atoms with Crippen molar-refractivity contribution in [3.63, 3.8) is 0 Å². The standard InChI is InChI=1S/C12H11ClN4O/c13-8-3-1-4-9(7-8)16-12(18)17-11-10(14)5-2-6-15-11/h1-7H,14H2,(H2,15,16,17,18). The number of aromatic nitrogens is 1. The van der Waals surface area contributed by atoms with Crippen molar-refractivity contribution in [3.05, 3.63) is 47.6 Å². The van der Waals surface area contributed by atoms with Gasteiger partial charge in [-0.15, -0.1) is 0 Å². The Morgan fingerprint density at radius 2 is 2.06 bits per heavy atom. The van der Waals surface area contributed by atoms with Gasteiger partial charge in [0.05, 0.1) is 5.69 Å². The lowest BCUT2D eigenvalue weighted by Crippen LogP contribution is -2.20. The van der Waals surface area contributed by atoms with E-state index in [4.69, 9.17) is 17.3 Å². The van der Waals surface area contributed by atoms with Gasteiger partial charge in [-0.2, -0.15) is 0 Å². The zero-order valence-corrected chi connectivity index (χ0v) is 10.1. The van der Waals surface area contributed by atoms with E-state index in [9.17, 15) is 4.79 Å². The van der Waals surface area contributed by atoms with Crippen LogP contribution in [0.5, 0.6) is 0 Å². The fraction of sp³-hybridized carbons (Fsp3) is 0. The molecule has 0 aliphatic heterocycles. The molecule has 5 nitrogen and oxygen atoms in total. The molecule has 1 aromatic carbocycles. The first-order valence-corrected chi connectivity index (χ1v) is 5.57. The molecular weight excluding hydrogens is 252 g/mol. The minimum atomic E-state index is -0.428. The number of anilines is 3. The quantitative estimate of drug-likeness (QED) is 0.778. The normalized spacial score (nSPS) is 9.83. The summed E-state index contributed by atoms with van der Waals surface area (Å²) in [5, 5.41) is 5.72. The highest BCUT2D eigenvalue weighted by atomic mass is 35.5. The summed E-state index contributed by atoms with van der Waals surface area (Å²) >= 11 is 5.81. The molecule has 92 valence electrons. The van der Waals surface area contributed by atoms with E-state index in [1.165, 1.54) is 0 Å². The molecule has 0 atom stereocenters. The first kappa shape index (κ1) is 12.2. The van der Waals surface area contributed by atoms with Crippen LogP contribution in [0.15, 0.2) is 42.6 Å². The van der Waals surface area contributed by atoms with Crippen LogP contribution in [0.1, 0.15) is 0 Å². The summed E-state index contributed by atoms with van der Waals surface area (Å²) in [6.45, 7) is 0. The number of hydrogen-bond acceptors (Lipinski definition) is 3. The summed E-state index contributed by atoms with van der Waals surface area (Å²) in [5.74, 6) is 0.317. The van der Waals surface area contributed by atoms with Gasteiger partial charge in [-0.05, 0) is 30.3 Å². The molecule has 0 radical (unpaired) electrons. The molecule has 0 aliphatic rings. The minimum absolute atomic E-state index is 0.317. The van der Waals surface area contributed by atoms with Crippen molar-refractivity contribution in [2.45, 2.75) is 0 Å². The second kappa shape index (κ2) is 5.37. The highest BCUT2D eigenvalue weighted by molar-refractivity contribution is 6.30. The highest BCUT2D eigenvalue weighted by Gasteiger charge is 2.05. The van der Waals surface area contributed by atoms with Gasteiger partial charge in [0.2, 0.25) is 0 Å². The Morgan fingerprint density at radius 3 is 2.78 bits per heavy atom. The number of halogens is 1. The van der Waals surface area contributed by atoms with Crippen LogP contribution >= 0.6 is 11.6 Å². The summed E-state index contributed by atoms with van der Waals surface area (Å²) in [5.41, 5.74) is 6.65. The van der Waals surface area contributed by atoms with E-state index < -0.39 is 6.03 Å². The van der Waals surface area contributed by atoms with Gasteiger partial charge in [-0.1, -0.05) is 17.7 Å². The maximum Gasteiger partial charge on any atom is 0.324 e. The lowest BCUT2D eigenvalue weighted by atomic mass is 10.3. The van der Waals surface area contributed by atoms with Crippen LogP contribution in [0.2, 0.25) is 5.02 Å². The third-order valence-corrected chi connectivity index (χ3v) is 2.39. The first-order valence-electron chi connectivity index (χ1n) is 5.19. The van der Waals surface area contributed by atoms with Crippen molar-refractivity contribution in [3.8, 4) is 0 Å². The number of urea groups is 1. The number of nitrogen functional groups attached to an aromatic ring is 1. The van der Waals surface area contributed by atoms with Crippen LogP contribution in [0.3, 0.4) is 0 Å². The third-order valence-electron chi connectivity index (χ3n) is 2.15. The number of benzene rings is 1. The topological polar surface area (TPSA) is 80.0 Å². The van der Waals surface area contributed by atoms with Crippen molar-refractivity contribution in [1.29, 1.82) is 0 Å². The molecule has 0 saturated heterocycles. The van der Waals surface area contributed by atoms with E-state index in [2.05, 4.69) is 15.6 Å². The van der Waals surface area contributed by atoms with Crippen LogP contribution in [0.4, 0.5) is 22.0 Å². The van der Waals surface area contributed by atoms with Crippen molar-refractivity contribution >= 4 is 34.8 Å². The molecule has 2 amide bonds. The molecule has 1 heterocycles. The second-order valence-corrected chi connectivity index (χ2v) is 3.97. The average molecular weight is 263 g/mol. The predicted octanol–water partition coefficient (Wildman–Crippen LogP) is 2.96. The van der Waals surface area contributed by atoms with Gasteiger partial charge in [-0.25, -0.2) is 9.78 Å². The maximum absolute atomic E-state index is 11.7. The molecule has 4 N–H and O–H groups in total. The lowest BCUT2D eigenvalue weighted by Gasteiger charge is -2.08. The Hall–Kier alpha value is -2.27. The van der Waals surface area contributed by atoms with Crippen LogP contribution in [-0.4, -0.2) is 11.0 Å². The van der Waals surface area contributed by atoms with Crippen LogP contribution < -0.4 is 16.4 Å². The number of hydrogen-bond donors (Lipinski definition) is 3. The Bertz CT molecular complexity index is 574. The molecule has 0 fully saturated rings. The number of nitrogens with two attached hydrogens (primary N) is 1. The van der Waals surface area contributed by atoms with Crippen molar-refractivity contribution in [2.75, 3.05) is 16.4 Å². The van der Waals surface area contributed by atoms with Gasteiger partial charge in [-0.3, -0.25) is 5.32 Å². The van der Waals surface area contributed by atoms with Crippen molar-refractivity contribution in [2.24, 2.45) is 0 Å². The Balaban J connectivity index is 2.03. The van der Waals surface area contributed by atoms with Gasteiger partial charge in [0.25, 0.3) is 0 Å². The zero-order valence-electron chi connectivity index (χ0n) is 9.35. The molecule has 0 unspecified atom stereocenters. The van der Waals surface area contributed by atoms with Crippen LogP contribution in [0.25, 0.3) is 0 Å². The summed E-state index contributed by atoms with van der Waals surface area (Å²) < 4.78 is 0. The van der Waals surface area contributed by atoms with Crippen molar-refractivity contribution < 1.29 is 4.79 Å². The lowest BCUT2D eigenvalue weighted by molar-refractivity contribution is 0.262. The summed E-state index contributed by atoms with van der Waals surface area (Å²) in [6, 6.07) is 9.75. The molecule has 1 aromatic heterocycles. The molecule has 0 bridgehead atoms. The largest absolute Gasteiger partial charge is 0.396 e. The molecule has 0 spiro atoms. The van der Waals surface area contributed by atoms with Crippen LogP contribution in [-0.2, 0) is 0 Å². The van der Waals surface area contributed by atoms with Gasteiger partial charge >= 0.3 is 6.03 Å². The minimum Gasteiger partial charge on any atom is -0.396 e. The Labute approximate surface area is 109 Å². The molecule has 18 heavy (non-hydrogen) atoms. The fourth-order valence-electron chi connectivity index (χ4n) is 1.36. The van der Waals surface area contributed by atoms with E-state index in [1.807, 2.05) is 0 Å². The molecule has 6 heteroatoms. The zero-order chi connectivity index (χ0) is 13.0. The average Bonchev–Trinajstić information content (AvgIpc) is 2.32. The summed E-state index contributed by atoms with van der Waals surface area (Å²) in [6.07, 6.45) is 1.55. The van der Waals surface area contributed by atoms with Gasteiger partial charge < -0.3 is 11.1 Å². The molecule has 0 aliphatic carbocycles. The number of amides is 2. The van der Waals surface area contributed by atoms with E-state index in [1.54, 1.807) is 42.6 Å². The molecule has 2 aromatic rings. The number of rotatable bonds is 2. The van der Waals surface area contributed by atoms with Gasteiger partial charge in [0.1, 0.15) is 0 Å². The second-order valence-electron chi connectivity index (χ2n) is 3.53. The number of nitrogens with zero attached hydrogens (tertiary/aromatic N) is 1. The fourth-order valence-corrected chi connectivity index (χ4v) is 1.55. The number of nitrogens with one attached hydrogen (secondary N) is 2. The first-order chi connectivity index (χ1) is 8.65. The van der Waals surface area contributed by atoms with E-state index in [0.717, 1.165) is 0 Å². The number of carbonyl (C=O) groups is 1. The highest BCUT2D eigenvalue weighted by Crippen LogP contribution is 2.16. The Morgan fingerprint density at radius 1 is 1.22 bits per heavy atom. The van der Waals surface area contributed by atoms with Gasteiger partial charge in [0.15, 0.2) is 5.82 Å². The summed E-state index contributed by atoms with van der Waals surface area (Å²) in [7, 11) is 0. The predicted molar refractivity (Wildman–Crippen MR) is 72.7 cm³/mol. The maximum atomic E-state index is 11.7. The third kappa shape index (κ3) is 3.11. The molecular formula is C12H11ClN4O. The SMILES string of the molecule is Nc1cccnc1NC(=O)Nc1cccc(Cl)c1. The molecule has 2 rings (SSSR count). The van der Waals surface area contributed by atoms with Crippen molar-refractivity contribution in [1.82, 2.24) is 4.98 Å². The van der Waals surface area contributed by atoms with Gasteiger partial charge in [0, 0.05) is 16.9 Å². The van der Waals surface area contributed by atoms with Crippen LogP contribution in [0, 0.1) is 0 Å². The summed E-state index contributed by atoms with van der Waals surface area (Å²) in [4.78, 5) is 15.6. The molecule has 0 saturated carbocycles. The Kier molecular flexibility index (Phi) is 3.64. The number of pyridine rings is 1. The van der Waals surface area contributed by atoms with E-state index in [0.29, 0.717) is 22.2 Å². The van der Waals surface area contributed by atoms with E-state index in [-0.39, 0.29) is 0 Å². The monoisotopic (exact) mass is 262 g/mol.